The summed E-state index contributed by atoms with van der Waals surface area (Å²) >= 11 is 0. The van der Waals surface area contributed by atoms with Gasteiger partial charge in [-0.15, -0.1) is 0 Å². The van der Waals surface area contributed by atoms with Crippen molar-refractivity contribution in [2.75, 3.05) is 39.3 Å². The van der Waals surface area contributed by atoms with Crippen molar-refractivity contribution in [1.29, 1.82) is 0 Å². The number of nitro groups is 1. The third-order valence-electron chi connectivity index (χ3n) is 6.18. The predicted molar refractivity (Wildman–Crippen MR) is 114 cm³/mol. The molecule has 0 bridgehead atoms. The van der Waals surface area contributed by atoms with Crippen LogP contribution in [0.5, 0.6) is 0 Å². The highest BCUT2D eigenvalue weighted by Gasteiger charge is 2.25. The zero-order valence-corrected chi connectivity index (χ0v) is 17.6. The van der Waals surface area contributed by atoms with Crippen LogP contribution in [0, 0.1) is 10.1 Å². The van der Waals surface area contributed by atoms with Crippen LogP contribution in [0.4, 0.5) is 5.69 Å². The molecule has 0 radical (unpaired) electrons. The summed E-state index contributed by atoms with van der Waals surface area (Å²) in [4.78, 5) is 27.5. The molecule has 0 aromatic heterocycles. The van der Waals surface area contributed by atoms with Crippen LogP contribution >= 0.6 is 0 Å². The van der Waals surface area contributed by atoms with Crippen molar-refractivity contribution in [3.05, 3.63) is 39.4 Å². The molecule has 7 nitrogen and oxygen atoms in total. The molecular formula is C22H34N4O3. The summed E-state index contributed by atoms with van der Waals surface area (Å²) in [6.07, 6.45) is 6.82. The third kappa shape index (κ3) is 6.00. The van der Waals surface area contributed by atoms with Gasteiger partial charge in [-0.3, -0.25) is 14.9 Å². The molecule has 1 aliphatic heterocycles. The van der Waals surface area contributed by atoms with Crippen LogP contribution in [0.1, 0.15) is 50.2 Å². The number of carbonyl (C=O) groups is 1. The van der Waals surface area contributed by atoms with E-state index in [0.29, 0.717) is 12.5 Å². The van der Waals surface area contributed by atoms with E-state index in [1.54, 1.807) is 12.1 Å². The molecule has 2 aliphatic rings. The van der Waals surface area contributed by atoms with Gasteiger partial charge in [0.1, 0.15) is 0 Å². The van der Waals surface area contributed by atoms with Gasteiger partial charge in [-0.2, -0.15) is 0 Å². The van der Waals surface area contributed by atoms with Gasteiger partial charge in [0.25, 0.3) is 5.69 Å². The first-order valence-corrected chi connectivity index (χ1v) is 11.1. The van der Waals surface area contributed by atoms with E-state index in [0.717, 1.165) is 83.4 Å². The number of carbonyl (C=O) groups excluding carboxylic acids is 1. The molecule has 29 heavy (non-hydrogen) atoms. The quantitative estimate of drug-likeness (QED) is 0.390. The largest absolute Gasteiger partial charge is 0.341 e. The van der Waals surface area contributed by atoms with Gasteiger partial charge in [-0.25, -0.2) is 0 Å². The molecule has 160 valence electrons. The van der Waals surface area contributed by atoms with Crippen LogP contribution in [0.15, 0.2) is 18.2 Å². The number of nitrogens with one attached hydrogen (secondary N) is 1. The van der Waals surface area contributed by atoms with E-state index in [1.807, 2.05) is 11.0 Å². The molecule has 1 aromatic carbocycles. The predicted octanol–water partition coefficient (Wildman–Crippen LogP) is 2.77. The molecular weight excluding hydrogens is 368 g/mol. The third-order valence-corrected chi connectivity index (χ3v) is 6.18. The number of hydrogen-bond acceptors (Lipinski definition) is 5. The maximum absolute atomic E-state index is 12.1. The molecule has 1 unspecified atom stereocenters. The van der Waals surface area contributed by atoms with E-state index in [2.05, 4.69) is 17.1 Å². The maximum Gasteiger partial charge on any atom is 0.269 e. The number of non-ortho nitro benzene ring substituents is 1. The number of nitrogens with zero attached hydrogens (tertiary/aromatic N) is 3. The number of hydrogen-bond donors (Lipinski definition) is 1. The number of amides is 1. The van der Waals surface area contributed by atoms with Gasteiger partial charge in [0.15, 0.2) is 0 Å². The summed E-state index contributed by atoms with van der Waals surface area (Å²) in [6.45, 7) is 7.64. The first-order valence-electron chi connectivity index (χ1n) is 11.1. The minimum atomic E-state index is -0.298. The Balaban J connectivity index is 1.52. The van der Waals surface area contributed by atoms with Gasteiger partial charge in [0.05, 0.1) is 4.92 Å². The Labute approximate surface area is 173 Å². The van der Waals surface area contributed by atoms with Crippen molar-refractivity contribution in [2.45, 2.75) is 57.9 Å². The molecule has 0 saturated carbocycles. The van der Waals surface area contributed by atoms with Crippen molar-refractivity contribution in [2.24, 2.45) is 0 Å². The van der Waals surface area contributed by atoms with E-state index in [4.69, 9.17) is 0 Å². The van der Waals surface area contributed by atoms with Crippen LogP contribution in [-0.2, 0) is 17.6 Å². The van der Waals surface area contributed by atoms with Gasteiger partial charge in [-0.05, 0) is 62.7 Å². The van der Waals surface area contributed by atoms with Crippen LogP contribution in [-0.4, -0.2) is 65.9 Å². The summed E-state index contributed by atoms with van der Waals surface area (Å²) in [5.74, 6) is 0.269. The van der Waals surface area contributed by atoms with Gasteiger partial charge >= 0.3 is 0 Å². The molecule has 7 heteroatoms. The lowest BCUT2D eigenvalue weighted by molar-refractivity contribution is -0.384. The maximum atomic E-state index is 12.1. The zero-order valence-electron chi connectivity index (χ0n) is 17.6. The topological polar surface area (TPSA) is 78.7 Å². The Morgan fingerprint density at radius 3 is 2.86 bits per heavy atom. The highest BCUT2D eigenvalue weighted by Crippen LogP contribution is 2.28. The fourth-order valence-corrected chi connectivity index (χ4v) is 4.58. The molecule has 1 N–H and O–H groups in total. The fraction of sp³-hybridized carbons (Fsp3) is 0.682. The second-order valence-electron chi connectivity index (χ2n) is 8.23. The molecule has 1 amide bonds. The van der Waals surface area contributed by atoms with E-state index < -0.39 is 0 Å². The normalized spacial score (nSPS) is 19.9. The Kier molecular flexibility index (Phi) is 8.00. The lowest BCUT2D eigenvalue weighted by Gasteiger charge is -2.35. The SMILES string of the molecule is CCCN(CCCCN1CCNCCC1=O)C1CCc2ccc([N+](=O)[O-])cc2C1. The molecule has 1 aromatic rings. The molecule has 1 atom stereocenters. The van der Waals surface area contributed by atoms with Gasteiger partial charge in [-0.1, -0.05) is 13.0 Å². The molecule has 1 heterocycles. The standard InChI is InChI=1S/C22H34N4O3/c1-2-12-24(13-3-4-14-25-15-11-23-10-9-22(25)27)20-7-5-18-6-8-21(26(28)29)17-19(18)16-20/h6,8,17,20,23H,2-5,7,9-16H2,1H3. The van der Waals surface area contributed by atoms with Crippen LogP contribution in [0.2, 0.25) is 0 Å². The average Bonchev–Trinajstić information content (AvgIpc) is 2.93. The Morgan fingerprint density at radius 2 is 2.07 bits per heavy atom. The van der Waals surface area contributed by atoms with Gasteiger partial charge in [0, 0.05) is 50.8 Å². The molecule has 1 fully saturated rings. The zero-order chi connectivity index (χ0) is 20.6. The summed E-state index contributed by atoms with van der Waals surface area (Å²) in [5.41, 5.74) is 2.60. The molecule has 1 aliphatic carbocycles. The lowest BCUT2D eigenvalue weighted by atomic mass is 9.87. The average molecular weight is 403 g/mol. The van der Waals surface area contributed by atoms with Crippen molar-refractivity contribution in [3.8, 4) is 0 Å². The van der Waals surface area contributed by atoms with Crippen LogP contribution in [0.25, 0.3) is 0 Å². The summed E-state index contributed by atoms with van der Waals surface area (Å²) < 4.78 is 0. The van der Waals surface area contributed by atoms with Crippen LogP contribution < -0.4 is 5.32 Å². The number of fused-ring (bicyclic) bond motifs is 1. The Bertz CT molecular complexity index is 709. The van der Waals surface area contributed by atoms with Crippen molar-refractivity contribution in [1.82, 2.24) is 15.1 Å². The number of rotatable bonds is 9. The second kappa shape index (κ2) is 10.7. The summed E-state index contributed by atoms with van der Waals surface area (Å²) in [6, 6.07) is 5.78. The van der Waals surface area contributed by atoms with E-state index in [1.165, 1.54) is 5.56 Å². The number of nitro benzene ring substituents is 1. The van der Waals surface area contributed by atoms with Crippen molar-refractivity contribution < 1.29 is 9.72 Å². The van der Waals surface area contributed by atoms with E-state index in [9.17, 15) is 14.9 Å². The van der Waals surface area contributed by atoms with Crippen molar-refractivity contribution >= 4 is 11.6 Å². The molecule has 1 saturated heterocycles. The smallest absolute Gasteiger partial charge is 0.269 e. The van der Waals surface area contributed by atoms with Crippen LogP contribution in [0.3, 0.4) is 0 Å². The number of aryl methyl sites for hydroxylation is 1. The minimum absolute atomic E-state index is 0.197. The van der Waals surface area contributed by atoms with E-state index in [-0.39, 0.29) is 16.5 Å². The summed E-state index contributed by atoms with van der Waals surface area (Å²) in [5, 5.41) is 14.4. The Morgan fingerprint density at radius 1 is 1.21 bits per heavy atom. The monoisotopic (exact) mass is 402 g/mol. The highest BCUT2D eigenvalue weighted by molar-refractivity contribution is 5.76. The molecule has 0 spiro atoms. The highest BCUT2D eigenvalue weighted by atomic mass is 16.6. The van der Waals surface area contributed by atoms with Crippen molar-refractivity contribution in [3.63, 3.8) is 0 Å². The lowest BCUT2D eigenvalue weighted by Crippen LogP contribution is -2.41. The number of benzene rings is 1. The minimum Gasteiger partial charge on any atom is -0.341 e. The first kappa shape index (κ1) is 21.7. The van der Waals surface area contributed by atoms with E-state index >= 15 is 0 Å². The van der Waals surface area contributed by atoms with Gasteiger partial charge < -0.3 is 15.1 Å². The fourth-order valence-electron chi connectivity index (χ4n) is 4.58. The number of unbranched alkanes of at least 4 members (excludes halogenated alkanes) is 1. The summed E-state index contributed by atoms with van der Waals surface area (Å²) in [7, 11) is 0. The molecule has 3 rings (SSSR count). The first-order chi connectivity index (χ1) is 14.1. The Hall–Kier alpha value is -1.99. The second-order valence-corrected chi connectivity index (χ2v) is 8.23. The van der Waals surface area contributed by atoms with Gasteiger partial charge in [0.2, 0.25) is 5.91 Å².